The lowest BCUT2D eigenvalue weighted by molar-refractivity contribution is 0.0786. The summed E-state index contributed by atoms with van der Waals surface area (Å²) < 4.78 is 1.96. The number of hydrogen-bond donors (Lipinski definition) is 1. The number of imidazole rings is 1. The number of nitrogens with zero attached hydrogens (tertiary/aromatic N) is 3. The van der Waals surface area contributed by atoms with Gasteiger partial charge in [-0.3, -0.25) is 9.59 Å². The van der Waals surface area contributed by atoms with Crippen LogP contribution in [0, 0.1) is 0 Å². The second-order valence-corrected chi connectivity index (χ2v) is 6.67. The maximum Gasteiger partial charge on any atom is 0.287 e. The van der Waals surface area contributed by atoms with Gasteiger partial charge in [-0.25, -0.2) is 4.98 Å². The Labute approximate surface area is 137 Å². The summed E-state index contributed by atoms with van der Waals surface area (Å²) in [5.74, 6) is 0.222. The summed E-state index contributed by atoms with van der Waals surface area (Å²) in [6.07, 6.45) is 7.03. The van der Waals surface area contributed by atoms with Crippen LogP contribution in [0.25, 0.3) is 0 Å². The molecule has 1 saturated carbocycles. The Bertz CT molecular complexity index is 604. The van der Waals surface area contributed by atoms with Crippen LogP contribution in [0.2, 0.25) is 0 Å². The van der Waals surface area contributed by atoms with Gasteiger partial charge in [0.1, 0.15) is 5.69 Å². The van der Waals surface area contributed by atoms with Crippen molar-refractivity contribution in [1.29, 1.82) is 0 Å². The lowest BCUT2D eigenvalue weighted by Crippen LogP contribution is -2.29. The Morgan fingerprint density at radius 2 is 2.13 bits per heavy atom. The highest BCUT2D eigenvalue weighted by molar-refractivity contribution is 5.97. The molecule has 23 heavy (non-hydrogen) atoms. The van der Waals surface area contributed by atoms with E-state index >= 15 is 0 Å². The number of fused-ring (bicyclic) bond motifs is 1. The molecule has 0 radical (unpaired) electrons. The molecule has 0 saturated heterocycles. The van der Waals surface area contributed by atoms with E-state index in [0.717, 1.165) is 63.7 Å². The van der Waals surface area contributed by atoms with E-state index in [-0.39, 0.29) is 11.8 Å². The van der Waals surface area contributed by atoms with Crippen LogP contribution >= 0.6 is 0 Å². The second kappa shape index (κ2) is 6.72. The molecule has 2 aliphatic rings. The third-order valence-corrected chi connectivity index (χ3v) is 4.63. The molecule has 2 amide bonds. The normalized spacial score (nSPS) is 16.8. The van der Waals surface area contributed by atoms with E-state index in [1.54, 1.807) is 4.90 Å². The van der Waals surface area contributed by atoms with Crippen LogP contribution in [-0.2, 0) is 13.0 Å². The average Bonchev–Trinajstić information content (AvgIpc) is 3.29. The standard InChI is InChI=1S/C17H26N4O2/c1-3-4-10-20(2)17(23)14-13-7-5-6-11-21(13)15(19-14)16(22)18-12-8-9-12/h12H,3-11H2,1-2H3,(H,18,22). The first-order valence-electron chi connectivity index (χ1n) is 8.77. The second-order valence-electron chi connectivity index (χ2n) is 6.67. The topological polar surface area (TPSA) is 67.2 Å². The summed E-state index contributed by atoms with van der Waals surface area (Å²) >= 11 is 0. The van der Waals surface area contributed by atoms with Crippen LogP contribution in [0.5, 0.6) is 0 Å². The number of nitrogens with one attached hydrogen (secondary N) is 1. The van der Waals surface area contributed by atoms with Crippen LogP contribution in [0.1, 0.15) is 72.3 Å². The molecule has 1 aliphatic carbocycles. The molecule has 0 spiro atoms. The van der Waals surface area contributed by atoms with Gasteiger partial charge < -0.3 is 14.8 Å². The zero-order valence-corrected chi connectivity index (χ0v) is 14.1. The van der Waals surface area contributed by atoms with Gasteiger partial charge in [-0.1, -0.05) is 13.3 Å². The lowest BCUT2D eigenvalue weighted by atomic mass is 10.1. The first kappa shape index (κ1) is 16.0. The molecule has 1 N–H and O–H groups in total. The number of amides is 2. The maximum absolute atomic E-state index is 12.7. The SMILES string of the molecule is CCCCN(C)C(=O)c1nc(C(=O)NC2CC2)n2c1CCCC2. The van der Waals surface area contributed by atoms with E-state index < -0.39 is 0 Å². The van der Waals surface area contributed by atoms with Crippen LogP contribution in [0.3, 0.4) is 0 Å². The zero-order valence-electron chi connectivity index (χ0n) is 14.1. The molecule has 6 heteroatoms. The zero-order chi connectivity index (χ0) is 16.4. The smallest absolute Gasteiger partial charge is 0.287 e. The molecule has 0 bridgehead atoms. The van der Waals surface area contributed by atoms with Gasteiger partial charge in [0.15, 0.2) is 5.82 Å². The van der Waals surface area contributed by atoms with Crippen molar-refractivity contribution in [2.75, 3.05) is 13.6 Å². The minimum absolute atomic E-state index is 0.0606. The fourth-order valence-corrected chi connectivity index (χ4v) is 3.04. The molecule has 1 aliphatic heterocycles. The van der Waals surface area contributed by atoms with Crippen molar-refractivity contribution in [2.45, 2.75) is 64.5 Å². The summed E-state index contributed by atoms with van der Waals surface area (Å²) in [4.78, 5) is 31.3. The molecule has 126 valence electrons. The van der Waals surface area contributed by atoms with Crippen molar-refractivity contribution < 1.29 is 9.59 Å². The Balaban J connectivity index is 1.85. The Hall–Kier alpha value is -1.85. The van der Waals surface area contributed by atoms with Gasteiger partial charge in [-0.2, -0.15) is 0 Å². The molecule has 0 unspecified atom stereocenters. The van der Waals surface area contributed by atoms with Crippen LogP contribution < -0.4 is 5.32 Å². The average molecular weight is 318 g/mol. The van der Waals surface area contributed by atoms with Crippen molar-refractivity contribution in [2.24, 2.45) is 0 Å². The molecule has 2 heterocycles. The largest absolute Gasteiger partial charge is 0.347 e. The van der Waals surface area contributed by atoms with Gasteiger partial charge >= 0.3 is 0 Å². The highest BCUT2D eigenvalue weighted by Crippen LogP contribution is 2.24. The Morgan fingerprint density at radius 3 is 2.83 bits per heavy atom. The first-order chi connectivity index (χ1) is 11.1. The summed E-state index contributed by atoms with van der Waals surface area (Å²) in [5, 5.41) is 2.99. The third kappa shape index (κ3) is 3.41. The molecule has 0 atom stereocenters. The van der Waals surface area contributed by atoms with Crippen molar-refractivity contribution in [3.8, 4) is 0 Å². The monoisotopic (exact) mass is 318 g/mol. The van der Waals surface area contributed by atoms with E-state index in [9.17, 15) is 9.59 Å². The van der Waals surface area contributed by atoms with Crippen LogP contribution in [-0.4, -0.2) is 45.9 Å². The predicted molar refractivity (Wildman–Crippen MR) is 87.5 cm³/mol. The molecule has 1 fully saturated rings. The number of unbranched alkanes of at least 4 members (excludes halogenated alkanes) is 1. The van der Waals surface area contributed by atoms with Gasteiger partial charge in [0.05, 0.1) is 5.69 Å². The Kier molecular flexibility index (Phi) is 4.68. The van der Waals surface area contributed by atoms with Crippen LogP contribution in [0.15, 0.2) is 0 Å². The van der Waals surface area contributed by atoms with Crippen LogP contribution in [0.4, 0.5) is 0 Å². The number of rotatable bonds is 6. The predicted octanol–water partition coefficient (Wildman–Crippen LogP) is 1.98. The number of carbonyl (C=O) groups excluding carboxylic acids is 2. The van der Waals surface area contributed by atoms with Crippen molar-refractivity contribution >= 4 is 11.8 Å². The van der Waals surface area contributed by atoms with E-state index in [2.05, 4.69) is 17.2 Å². The molecular formula is C17H26N4O2. The fourth-order valence-electron chi connectivity index (χ4n) is 3.04. The van der Waals surface area contributed by atoms with E-state index in [4.69, 9.17) is 0 Å². The molecule has 3 rings (SSSR count). The maximum atomic E-state index is 12.7. The quantitative estimate of drug-likeness (QED) is 0.872. The van der Waals surface area contributed by atoms with E-state index in [1.165, 1.54) is 0 Å². The van der Waals surface area contributed by atoms with Gasteiger partial charge in [0, 0.05) is 26.2 Å². The number of carbonyl (C=O) groups is 2. The number of aromatic nitrogens is 2. The summed E-state index contributed by atoms with van der Waals surface area (Å²) in [6, 6.07) is 0.297. The van der Waals surface area contributed by atoms with Gasteiger partial charge in [-0.15, -0.1) is 0 Å². The van der Waals surface area contributed by atoms with Gasteiger partial charge in [-0.05, 0) is 38.5 Å². The fraction of sp³-hybridized carbons (Fsp3) is 0.706. The van der Waals surface area contributed by atoms with Gasteiger partial charge in [0.25, 0.3) is 11.8 Å². The molecule has 0 aromatic carbocycles. The first-order valence-corrected chi connectivity index (χ1v) is 8.77. The molecule has 6 nitrogen and oxygen atoms in total. The minimum atomic E-state index is -0.133. The van der Waals surface area contributed by atoms with E-state index in [1.807, 2.05) is 11.6 Å². The summed E-state index contributed by atoms with van der Waals surface area (Å²) in [7, 11) is 1.82. The lowest BCUT2D eigenvalue weighted by Gasteiger charge is -2.19. The molecular weight excluding hydrogens is 292 g/mol. The number of hydrogen-bond acceptors (Lipinski definition) is 3. The minimum Gasteiger partial charge on any atom is -0.347 e. The summed E-state index contributed by atoms with van der Waals surface area (Å²) in [5.41, 5.74) is 1.41. The van der Waals surface area contributed by atoms with Crippen molar-refractivity contribution in [1.82, 2.24) is 19.8 Å². The summed E-state index contributed by atoms with van der Waals surface area (Å²) in [6.45, 7) is 3.62. The third-order valence-electron chi connectivity index (χ3n) is 4.63. The van der Waals surface area contributed by atoms with Crippen molar-refractivity contribution in [3.05, 3.63) is 17.2 Å². The highest BCUT2D eigenvalue weighted by atomic mass is 16.2. The molecule has 1 aromatic rings. The van der Waals surface area contributed by atoms with Gasteiger partial charge in [0.2, 0.25) is 0 Å². The van der Waals surface area contributed by atoms with E-state index in [0.29, 0.717) is 17.6 Å². The molecule has 1 aromatic heterocycles. The highest BCUT2D eigenvalue weighted by Gasteiger charge is 2.31. The van der Waals surface area contributed by atoms with Crippen molar-refractivity contribution in [3.63, 3.8) is 0 Å². The Morgan fingerprint density at radius 1 is 1.35 bits per heavy atom.